The minimum Gasteiger partial charge on any atom is -0.462 e. The van der Waals surface area contributed by atoms with E-state index in [9.17, 15) is 9.59 Å². The first-order valence-electron chi connectivity index (χ1n) is 5.43. The van der Waals surface area contributed by atoms with Gasteiger partial charge in [0.15, 0.2) is 3.74 Å². The summed E-state index contributed by atoms with van der Waals surface area (Å²) >= 11 is 6.02. The fraction of sp³-hybridized carbons (Fsp3) is 0.800. The average Bonchev–Trinajstić information content (AvgIpc) is 2.35. The van der Waals surface area contributed by atoms with E-state index in [2.05, 4.69) is 37.2 Å². The molecule has 1 saturated heterocycles. The van der Waals surface area contributed by atoms with E-state index in [4.69, 9.17) is 9.47 Å². The van der Waals surface area contributed by atoms with Crippen molar-refractivity contribution in [1.82, 2.24) is 5.32 Å². The molecule has 0 radical (unpaired) electrons. The Morgan fingerprint density at radius 1 is 1.18 bits per heavy atom. The largest absolute Gasteiger partial charge is 0.462 e. The molecule has 0 amide bonds. The second-order valence-electron chi connectivity index (χ2n) is 3.66. The molecule has 0 spiro atoms. The molecule has 1 heterocycles. The monoisotopic (exact) mass is 371 g/mol. The lowest BCUT2D eigenvalue weighted by molar-refractivity contribution is -0.154. The molecule has 1 aliphatic rings. The summed E-state index contributed by atoms with van der Waals surface area (Å²) in [6.45, 7) is 1.90. The summed E-state index contributed by atoms with van der Waals surface area (Å²) in [5.74, 6) is -0.647. The summed E-state index contributed by atoms with van der Waals surface area (Å²) in [6.07, 6.45) is 1.62. The van der Waals surface area contributed by atoms with Crippen molar-refractivity contribution >= 4 is 43.8 Å². The molecule has 17 heavy (non-hydrogen) atoms. The predicted octanol–water partition coefficient (Wildman–Crippen LogP) is 1.19. The lowest BCUT2D eigenvalue weighted by atomic mass is 9.99. The molecule has 1 N–H and O–H groups in total. The first kappa shape index (κ1) is 14.9. The summed E-state index contributed by atoms with van der Waals surface area (Å²) < 4.78 is 9.34. The van der Waals surface area contributed by atoms with Crippen molar-refractivity contribution in [3.63, 3.8) is 0 Å². The van der Waals surface area contributed by atoms with Crippen molar-refractivity contribution in [1.29, 1.82) is 0 Å². The molecule has 0 atom stereocenters. The van der Waals surface area contributed by atoms with E-state index < -0.39 is 9.71 Å². The first-order chi connectivity index (χ1) is 8.11. The number of ether oxygens (including phenoxy) is 2. The highest BCUT2D eigenvalue weighted by atomic mass is 79.9. The molecule has 0 aliphatic carbocycles. The van der Waals surface area contributed by atoms with Crippen LogP contribution in [-0.2, 0) is 19.1 Å². The smallest absolute Gasteiger partial charge is 0.330 e. The third-order valence-corrected chi connectivity index (χ3v) is 3.17. The van der Waals surface area contributed by atoms with Gasteiger partial charge in [0.1, 0.15) is 13.2 Å². The Labute approximate surface area is 117 Å². The van der Waals surface area contributed by atoms with Gasteiger partial charge in [0.05, 0.1) is 5.92 Å². The van der Waals surface area contributed by atoms with Crippen LogP contribution in [0.5, 0.6) is 0 Å². The van der Waals surface area contributed by atoms with E-state index in [1.54, 1.807) is 0 Å². The van der Waals surface area contributed by atoms with Gasteiger partial charge in [-0.2, -0.15) is 0 Å². The van der Waals surface area contributed by atoms with Crippen molar-refractivity contribution in [3.05, 3.63) is 0 Å². The molecule has 1 aliphatic heterocycles. The Morgan fingerprint density at radius 2 is 1.76 bits per heavy atom. The molecule has 0 bridgehead atoms. The van der Waals surface area contributed by atoms with Crippen molar-refractivity contribution in [2.75, 3.05) is 26.3 Å². The molecule has 0 unspecified atom stereocenters. The average molecular weight is 373 g/mol. The minimum atomic E-state index is -0.518. The van der Waals surface area contributed by atoms with E-state index in [1.165, 1.54) is 0 Å². The maximum Gasteiger partial charge on any atom is 0.330 e. The number of hydrogen-bond donors (Lipinski definition) is 1. The molecule has 0 aromatic carbocycles. The van der Waals surface area contributed by atoms with E-state index in [0.717, 1.165) is 25.9 Å². The zero-order chi connectivity index (χ0) is 12.7. The molecule has 1 rings (SSSR count). The molecule has 1 fully saturated rings. The van der Waals surface area contributed by atoms with Gasteiger partial charge in [0.25, 0.3) is 0 Å². The summed E-state index contributed by atoms with van der Waals surface area (Å²) in [4.78, 5) is 22.6. The number of rotatable bonds is 5. The summed E-state index contributed by atoms with van der Waals surface area (Å²) in [6, 6.07) is 0. The second kappa shape index (κ2) is 8.05. The van der Waals surface area contributed by atoms with Crippen LogP contribution in [0.25, 0.3) is 0 Å². The number of hydrogen-bond acceptors (Lipinski definition) is 5. The van der Waals surface area contributed by atoms with Crippen LogP contribution in [0, 0.1) is 5.92 Å². The fourth-order valence-corrected chi connectivity index (χ4v) is 1.79. The summed E-state index contributed by atoms with van der Waals surface area (Å²) in [7, 11) is 0. The van der Waals surface area contributed by atoms with E-state index in [-0.39, 0.29) is 25.1 Å². The summed E-state index contributed by atoms with van der Waals surface area (Å²) in [5.41, 5.74) is 0. The lowest BCUT2D eigenvalue weighted by Gasteiger charge is -2.20. The van der Waals surface area contributed by atoms with Crippen LogP contribution in [0.15, 0.2) is 0 Å². The van der Waals surface area contributed by atoms with Gasteiger partial charge in [-0.3, -0.25) is 4.79 Å². The van der Waals surface area contributed by atoms with Gasteiger partial charge < -0.3 is 14.8 Å². The van der Waals surface area contributed by atoms with Crippen molar-refractivity contribution in [2.45, 2.75) is 16.6 Å². The number of carbonyl (C=O) groups is 2. The van der Waals surface area contributed by atoms with E-state index in [0.29, 0.717) is 0 Å². The van der Waals surface area contributed by atoms with Gasteiger partial charge in [-0.15, -0.1) is 0 Å². The Hall–Kier alpha value is -0.140. The maximum atomic E-state index is 11.6. The summed E-state index contributed by atoms with van der Waals surface area (Å²) in [5, 5.41) is 3.18. The molecule has 0 saturated carbocycles. The molecule has 0 aromatic rings. The van der Waals surface area contributed by atoms with Crippen molar-refractivity contribution in [2.24, 2.45) is 5.92 Å². The van der Waals surface area contributed by atoms with Gasteiger partial charge in [-0.05, 0) is 25.9 Å². The number of piperidine rings is 1. The Balaban J connectivity index is 2.09. The van der Waals surface area contributed by atoms with Gasteiger partial charge in [-0.25, -0.2) is 4.79 Å². The minimum absolute atomic E-state index is 0.0212. The highest BCUT2D eigenvalue weighted by molar-refractivity contribution is 9.25. The topological polar surface area (TPSA) is 64.6 Å². The van der Waals surface area contributed by atoms with Gasteiger partial charge >= 0.3 is 11.9 Å². The van der Waals surface area contributed by atoms with Crippen LogP contribution in [0.3, 0.4) is 0 Å². The van der Waals surface area contributed by atoms with Crippen LogP contribution in [0.2, 0.25) is 0 Å². The van der Waals surface area contributed by atoms with E-state index >= 15 is 0 Å². The van der Waals surface area contributed by atoms with Crippen molar-refractivity contribution in [3.8, 4) is 0 Å². The van der Waals surface area contributed by atoms with E-state index in [1.807, 2.05) is 0 Å². The zero-order valence-electron chi connectivity index (χ0n) is 9.29. The number of esters is 2. The number of nitrogens with one attached hydrogen (secondary N) is 1. The quantitative estimate of drug-likeness (QED) is 0.446. The Morgan fingerprint density at radius 3 is 2.35 bits per heavy atom. The number of halogens is 2. The predicted molar refractivity (Wildman–Crippen MR) is 69.2 cm³/mol. The third kappa shape index (κ3) is 5.83. The zero-order valence-corrected chi connectivity index (χ0v) is 12.5. The normalized spacial score (nSPS) is 16.9. The van der Waals surface area contributed by atoms with Gasteiger partial charge in [0.2, 0.25) is 0 Å². The van der Waals surface area contributed by atoms with Crippen LogP contribution >= 0.6 is 31.9 Å². The molecule has 98 valence electrons. The van der Waals surface area contributed by atoms with Gasteiger partial charge in [-0.1, -0.05) is 31.9 Å². The van der Waals surface area contributed by atoms with Crippen LogP contribution in [-0.4, -0.2) is 42.0 Å². The Kier molecular flexibility index (Phi) is 7.06. The number of alkyl halides is 2. The van der Waals surface area contributed by atoms with Crippen LogP contribution in [0.4, 0.5) is 0 Å². The molecular formula is C10H15Br2NO4. The number of carbonyl (C=O) groups excluding carboxylic acids is 2. The Bertz CT molecular complexity index is 267. The third-order valence-electron chi connectivity index (χ3n) is 2.42. The highest BCUT2D eigenvalue weighted by Gasteiger charge is 2.22. The standard InChI is InChI=1S/C10H15Br2NO4/c11-8(12)10(15)17-6-5-16-9(14)7-1-3-13-4-2-7/h7-8,13H,1-6H2. The maximum absolute atomic E-state index is 11.6. The molecule has 5 nitrogen and oxygen atoms in total. The first-order valence-corrected chi connectivity index (χ1v) is 7.26. The molecule has 7 heteroatoms. The highest BCUT2D eigenvalue weighted by Crippen LogP contribution is 2.13. The second-order valence-corrected chi connectivity index (χ2v) is 6.72. The lowest BCUT2D eigenvalue weighted by Crippen LogP contribution is -2.33. The van der Waals surface area contributed by atoms with Crippen LogP contribution < -0.4 is 5.32 Å². The molecule has 0 aromatic heterocycles. The SMILES string of the molecule is O=C(OCCOC(=O)C1CCNCC1)C(Br)Br. The fourth-order valence-electron chi connectivity index (χ4n) is 1.52. The van der Waals surface area contributed by atoms with Crippen molar-refractivity contribution < 1.29 is 19.1 Å². The van der Waals surface area contributed by atoms with Crippen LogP contribution in [0.1, 0.15) is 12.8 Å². The molecular weight excluding hydrogens is 358 g/mol. The van der Waals surface area contributed by atoms with Gasteiger partial charge in [0, 0.05) is 0 Å².